The first-order chi connectivity index (χ1) is 16.1. The number of ketones is 1. The number of ether oxygens (including phenoxy) is 5. The lowest BCUT2D eigenvalue weighted by Crippen LogP contribution is -2.02. The molecule has 0 N–H and O–H groups in total. The second-order valence-corrected chi connectivity index (χ2v) is 7.28. The molecule has 1 aliphatic heterocycles. The predicted molar refractivity (Wildman–Crippen MR) is 125 cm³/mol. The molecule has 0 aromatic heterocycles. The first-order valence-electron chi connectivity index (χ1n) is 10.9. The number of allylic oxidation sites excluding steroid dienone is 1. The number of methoxy groups -OCH3 is 1. The highest BCUT2D eigenvalue weighted by molar-refractivity contribution is 6.16. The summed E-state index contributed by atoms with van der Waals surface area (Å²) in [6, 6.07) is 18.8. The highest BCUT2D eigenvalue weighted by atomic mass is 16.5. The van der Waals surface area contributed by atoms with E-state index in [0.717, 1.165) is 11.1 Å². The van der Waals surface area contributed by atoms with Crippen molar-refractivity contribution in [2.24, 2.45) is 0 Å². The maximum absolute atomic E-state index is 13.1. The maximum Gasteiger partial charge on any atom is 0.235 e. The normalized spacial score (nSPS) is 13.4. The Morgan fingerprint density at radius 3 is 2.36 bits per heavy atom. The first kappa shape index (κ1) is 22.3. The Morgan fingerprint density at radius 1 is 0.848 bits per heavy atom. The lowest BCUT2D eigenvalue weighted by atomic mass is 10.1. The standard InChI is InChI=1S/C27H26O6/c1-4-30-20-15-23(31-5-2)26-24(16-20)33-25(27(26)28)14-19-11-12-21(22(13-19)29-3)32-17-18-9-7-6-8-10-18/h6-16H,4-5,17H2,1-3H3/b25-14-. The predicted octanol–water partition coefficient (Wildman–Crippen LogP) is 5.69. The zero-order chi connectivity index (χ0) is 23.2. The molecule has 3 aromatic carbocycles. The van der Waals surface area contributed by atoms with Crippen molar-refractivity contribution >= 4 is 11.9 Å². The van der Waals surface area contributed by atoms with E-state index in [9.17, 15) is 4.79 Å². The maximum atomic E-state index is 13.1. The van der Waals surface area contributed by atoms with E-state index in [-0.39, 0.29) is 11.5 Å². The van der Waals surface area contributed by atoms with Gasteiger partial charge in [0.25, 0.3) is 0 Å². The van der Waals surface area contributed by atoms with Crippen molar-refractivity contribution in [3.63, 3.8) is 0 Å². The molecule has 170 valence electrons. The monoisotopic (exact) mass is 446 g/mol. The van der Waals surface area contributed by atoms with Crippen LogP contribution in [0.1, 0.15) is 35.3 Å². The Bertz CT molecular complexity index is 1170. The van der Waals surface area contributed by atoms with Crippen LogP contribution in [-0.2, 0) is 6.61 Å². The van der Waals surface area contributed by atoms with Crippen molar-refractivity contribution in [2.75, 3.05) is 20.3 Å². The number of carbonyl (C=O) groups is 1. The van der Waals surface area contributed by atoms with Gasteiger partial charge in [0.1, 0.15) is 29.4 Å². The van der Waals surface area contributed by atoms with Crippen LogP contribution < -0.4 is 23.7 Å². The number of fused-ring (bicyclic) bond motifs is 1. The van der Waals surface area contributed by atoms with Crippen LogP contribution in [0.2, 0.25) is 0 Å². The van der Waals surface area contributed by atoms with E-state index in [1.165, 1.54) is 0 Å². The van der Waals surface area contributed by atoms with Crippen molar-refractivity contribution in [2.45, 2.75) is 20.5 Å². The zero-order valence-electron chi connectivity index (χ0n) is 18.9. The topological polar surface area (TPSA) is 63.2 Å². The number of carbonyl (C=O) groups excluding carboxylic acids is 1. The van der Waals surface area contributed by atoms with Gasteiger partial charge in [-0.25, -0.2) is 0 Å². The second-order valence-electron chi connectivity index (χ2n) is 7.28. The minimum atomic E-state index is -0.236. The summed E-state index contributed by atoms with van der Waals surface area (Å²) in [5, 5.41) is 0. The van der Waals surface area contributed by atoms with Gasteiger partial charge in [-0.2, -0.15) is 0 Å². The molecule has 3 aromatic rings. The molecule has 0 amide bonds. The molecular formula is C27H26O6. The molecule has 33 heavy (non-hydrogen) atoms. The molecule has 6 nitrogen and oxygen atoms in total. The minimum Gasteiger partial charge on any atom is -0.494 e. The van der Waals surface area contributed by atoms with Crippen LogP contribution in [-0.4, -0.2) is 26.1 Å². The molecule has 0 spiro atoms. The van der Waals surface area contributed by atoms with E-state index in [2.05, 4.69) is 0 Å². The third-order valence-corrected chi connectivity index (χ3v) is 5.04. The summed E-state index contributed by atoms with van der Waals surface area (Å²) in [6.45, 7) is 5.11. The molecule has 1 aliphatic rings. The molecule has 0 radical (unpaired) electrons. The molecule has 6 heteroatoms. The Hall–Kier alpha value is -3.93. The van der Waals surface area contributed by atoms with Crippen molar-refractivity contribution in [1.82, 2.24) is 0 Å². The molecule has 4 rings (SSSR count). The van der Waals surface area contributed by atoms with E-state index in [1.807, 2.05) is 62.4 Å². The Kier molecular flexibility index (Phi) is 6.83. The van der Waals surface area contributed by atoms with E-state index < -0.39 is 0 Å². The number of benzene rings is 3. The van der Waals surface area contributed by atoms with Gasteiger partial charge in [-0.15, -0.1) is 0 Å². The molecule has 0 unspecified atom stereocenters. The Balaban J connectivity index is 1.58. The second kappa shape index (κ2) is 10.1. The average Bonchev–Trinajstić information content (AvgIpc) is 3.14. The fourth-order valence-corrected chi connectivity index (χ4v) is 3.55. The van der Waals surface area contributed by atoms with Crippen LogP contribution in [0.3, 0.4) is 0 Å². The Labute approximate surface area is 193 Å². The van der Waals surface area contributed by atoms with E-state index in [1.54, 1.807) is 25.3 Å². The number of rotatable bonds is 9. The fraction of sp³-hybridized carbons (Fsp3) is 0.222. The molecule has 1 heterocycles. The summed E-state index contributed by atoms with van der Waals surface area (Å²) in [5.74, 6) is 2.63. The van der Waals surface area contributed by atoms with E-state index >= 15 is 0 Å². The zero-order valence-corrected chi connectivity index (χ0v) is 18.9. The van der Waals surface area contributed by atoms with Gasteiger partial charge >= 0.3 is 0 Å². The van der Waals surface area contributed by atoms with Gasteiger partial charge in [0.15, 0.2) is 17.3 Å². The molecule has 0 atom stereocenters. The van der Waals surface area contributed by atoms with Crippen LogP contribution in [0.25, 0.3) is 6.08 Å². The van der Waals surface area contributed by atoms with Crippen molar-refractivity contribution in [3.05, 3.63) is 83.1 Å². The molecule has 0 fully saturated rings. The third kappa shape index (κ3) is 4.95. The van der Waals surface area contributed by atoms with Crippen molar-refractivity contribution in [1.29, 1.82) is 0 Å². The molecule has 0 aliphatic carbocycles. The van der Waals surface area contributed by atoms with Gasteiger partial charge in [0.2, 0.25) is 5.78 Å². The van der Waals surface area contributed by atoms with Gasteiger partial charge in [-0.05, 0) is 43.2 Å². The molecular weight excluding hydrogens is 420 g/mol. The van der Waals surface area contributed by atoms with Gasteiger partial charge < -0.3 is 23.7 Å². The summed E-state index contributed by atoms with van der Waals surface area (Å²) in [7, 11) is 1.58. The largest absolute Gasteiger partial charge is 0.494 e. The van der Waals surface area contributed by atoms with Gasteiger partial charge in [0.05, 0.1) is 20.3 Å². The fourth-order valence-electron chi connectivity index (χ4n) is 3.55. The van der Waals surface area contributed by atoms with Gasteiger partial charge in [-0.3, -0.25) is 4.79 Å². The van der Waals surface area contributed by atoms with Crippen molar-refractivity contribution < 1.29 is 28.5 Å². The SMILES string of the molecule is CCOc1cc(OCC)c2c(c1)O/C(=C\c1ccc(OCc3ccccc3)c(OC)c1)C2=O. The summed E-state index contributed by atoms with van der Waals surface area (Å²) < 4.78 is 28.6. The molecule has 0 bridgehead atoms. The number of Topliss-reactive ketones (excluding diaryl/α,β-unsaturated/α-hetero) is 1. The highest BCUT2D eigenvalue weighted by Gasteiger charge is 2.32. The summed E-state index contributed by atoms with van der Waals surface area (Å²) in [6.07, 6.45) is 1.68. The average molecular weight is 446 g/mol. The van der Waals surface area contributed by atoms with Gasteiger partial charge in [-0.1, -0.05) is 36.4 Å². The number of hydrogen-bond donors (Lipinski definition) is 0. The lowest BCUT2D eigenvalue weighted by molar-refractivity contribution is 0.101. The van der Waals surface area contributed by atoms with Crippen LogP contribution in [0, 0.1) is 0 Å². The van der Waals surface area contributed by atoms with Gasteiger partial charge in [0, 0.05) is 12.1 Å². The number of hydrogen-bond acceptors (Lipinski definition) is 6. The summed E-state index contributed by atoms with van der Waals surface area (Å²) >= 11 is 0. The molecule has 0 saturated heterocycles. The quantitative estimate of drug-likeness (QED) is 0.394. The summed E-state index contributed by atoms with van der Waals surface area (Å²) in [5.41, 5.74) is 2.21. The van der Waals surface area contributed by atoms with Crippen LogP contribution in [0.15, 0.2) is 66.4 Å². The molecule has 0 saturated carbocycles. The minimum absolute atomic E-state index is 0.208. The first-order valence-corrected chi connectivity index (χ1v) is 10.9. The van der Waals surface area contributed by atoms with Crippen molar-refractivity contribution in [3.8, 4) is 28.7 Å². The summed E-state index contributed by atoms with van der Waals surface area (Å²) in [4.78, 5) is 13.1. The van der Waals surface area contributed by atoms with Crippen LogP contribution >= 0.6 is 0 Å². The third-order valence-electron chi connectivity index (χ3n) is 5.04. The Morgan fingerprint density at radius 2 is 1.64 bits per heavy atom. The van der Waals surface area contributed by atoms with E-state index in [4.69, 9.17) is 23.7 Å². The highest BCUT2D eigenvalue weighted by Crippen LogP contribution is 2.42. The van der Waals surface area contributed by atoms with Crippen LogP contribution in [0.4, 0.5) is 0 Å². The van der Waals surface area contributed by atoms with Crippen LogP contribution in [0.5, 0.6) is 28.7 Å². The van der Waals surface area contributed by atoms with E-state index in [0.29, 0.717) is 54.1 Å². The smallest absolute Gasteiger partial charge is 0.235 e. The lowest BCUT2D eigenvalue weighted by Gasteiger charge is -2.11.